The van der Waals surface area contributed by atoms with Crippen molar-refractivity contribution in [3.63, 3.8) is 0 Å². The molecule has 5 aromatic rings. The second-order valence-electron chi connectivity index (χ2n) is 21.5. The number of unbranched alkanes of at least 4 members (excludes halogenated alkanes) is 1. The SMILES string of the molecule is C.Cc1nnc(-c2ccc(CNC(=O)CCOCCOCCOCCOCCOCCC(=O)CCCNC(=O)[C@@H](CCC(=O)NCCCCNc3ncnc4c3ncn4C3OC(CSCC[C@H](N)C(=O)O)C(O)C3O)NC(=O)c3ccc(C4(C)N=N4)cc3)cc2)nn1. The molecule has 4 amide bonds. The fourth-order valence-electron chi connectivity index (χ4n) is 9.02. The standard InChI is InChI=1S/C59H82N16O15S.CH4/c1-38-69-71-52(72-70-38)40-9-7-39(8-10-40)34-64-48(78)18-24-86-26-28-88-30-32-89-31-29-87-27-25-85-23-17-43(76)6-5-22-63-56(82)45(68-55(81)41-11-13-42(14-12-41)59(2)73-74-59)15-16-47(77)61-20-3-4-21-62-53-49-54(66-36-65-53)75(37-67-49)57-51(80)50(79)46(90-57)35-91-33-19-44(60)58(83)84;/h7-14,36-37,44-46,50-51,57,79-80H,3-6,15-35,60H2,1-2H3,(H,61,77)(H,63,82)(H,64,78)(H,68,81)(H,83,84)(H,62,65,66);1H4/t44-,45+,46?,50?,51?,57?;/m0./s1. The molecule has 0 aliphatic carbocycles. The van der Waals surface area contributed by atoms with E-state index in [0.717, 1.165) is 16.7 Å². The van der Waals surface area contributed by atoms with Gasteiger partial charge in [0.2, 0.25) is 29.2 Å². The third-order valence-corrected chi connectivity index (χ3v) is 15.5. The number of aryl methyl sites for hydroxylation is 1. The molecule has 4 unspecified atom stereocenters. The molecule has 10 N–H and O–H groups in total. The lowest BCUT2D eigenvalue weighted by Gasteiger charge is -2.19. The van der Waals surface area contributed by atoms with Crippen molar-refractivity contribution in [1.82, 2.24) is 61.2 Å². The Kier molecular flexibility index (Phi) is 31.1. The lowest BCUT2D eigenvalue weighted by atomic mass is 10.0. The zero-order valence-corrected chi connectivity index (χ0v) is 51.9. The number of ketones is 1. The quantitative estimate of drug-likeness (QED) is 0.0253. The van der Waals surface area contributed by atoms with Crippen molar-refractivity contribution >= 4 is 64.1 Å². The van der Waals surface area contributed by atoms with E-state index < -0.39 is 60.1 Å². The van der Waals surface area contributed by atoms with Crippen LogP contribution in [0.1, 0.15) is 106 Å². The number of aliphatic carboxylic acids is 1. The lowest BCUT2D eigenvalue weighted by Crippen LogP contribution is -2.47. The Hall–Kier alpha value is -7.66. The van der Waals surface area contributed by atoms with Gasteiger partial charge in [-0.25, -0.2) is 15.0 Å². The number of rotatable bonds is 45. The molecule has 502 valence electrons. The highest BCUT2D eigenvalue weighted by Gasteiger charge is 2.44. The van der Waals surface area contributed by atoms with Crippen LogP contribution in [0.3, 0.4) is 0 Å². The van der Waals surface area contributed by atoms with E-state index >= 15 is 0 Å². The Morgan fingerprint density at radius 1 is 0.707 bits per heavy atom. The van der Waals surface area contributed by atoms with Gasteiger partial charge in [-0.15, -0.1) is 20.4 Å². The molecular formula is C60H86N16O15S. The van der Waals surface area contributed by atoms with E-state index in [-0.39, 0.29) is 83.3 Å². The number of benzene rings is 2. The predicted molar refractivity (Wildman–Crippen MR) is 336 cm³/mol. The largest absolute Gasteiger partial charge is 0.480 e. The maximum absolute atomic E-state index is 13.5. The molecule has 2 aliphatic heterocycles. The lowest BCUT2D eigenvalue weighted by molar-refractivity contribution is -0.138. The van der Waals surface area contributed by atoms with Gasteiger partial charge < -0.3 is 76.1 Å². The van der Waals surface area contributed by atoms with Crippen molar-refractivity contribution in [3.8, 4) is 11.4 Å². The van der Waals surface area contributed by atoms with Gasteiger partial charge in [-0.1, -0.05) is 43.8 Å². The number of aromatic nitrogens is 8. The summed E-state index contributed by atoms with van der Waals surface area (Å²) in [5, 5.41) is 69.2. The van der Waals surface area contributed by atoms with Crippen molar-refractivity contribution in [1.29, 1.82) is 0 Å². The summed E-state index contributed by atoms with van der Waals surface area (Å²) in [6.07, 6.45) is 0.960. The maximum atomic E-state index is 13.5. The molecule has 1 fully saturated rings. The number of ether oxygens (including phenoxy) is 6. The normalized spacial score (nSPS) is 16.9. The van der Waals surface area contributed by atoms with Gasteiger partial charge in [-0.3, -0.25) is 33.3 Å². The van der Waals surface area contributed by atoms with Gasteiger partial charge >= 0.3 is 5.97 Å². The number of anilines is 1. The average molecular weight is 1300 g/mol. The van der Waals surface area contributed by atoms with Crippen LogP contribution in [0.4, 0.5) is 5.82 Å². The first kappa shape index (κ1) is 73.4. The van der Waals surface area contributed by atoms with Crippen LogP contribution in [0.2, 0.25) is 0 Å². The highest BCUT2D eigenvalue weighted by Crippen LogP contribution is 2.38. The van der Waals surface area contributed by atoms with Crippen LogP contribution < -0.4 is 32.3 Å². The van der Waals surface area contributed by atoms with Gasteiger partial charge in [0.1, 0.15) is 36.4 Å². The molecule has 3 aromatic heterocycles. The van der Waals surface area contributed by atoms with Crippen LogP contribution in [-0.4, -0.2) is 218 Å². The monoisotopic (exact) mass is 1300 g/mol. The number of carboxylic acid groups (broad SMARTS) is 1. The molecule has 92 heavy (non-hydrogen) atoms. The Balaban J connectivity index is 0.0000134. The summed E-state index contributed by atoms with van der Waals surface area (Å²) in [4.78, 5) is 88.9. The molecule has 7 rings (SSSR count). The smallest absolute Gasteiger partial charge is 0.320 e. The summed E-state index contributed by atoms with van der Waals surface area (Å²) in [6, 6.07) is 12.2. The zero-order chi connectivity index (χ0) is 64.8. The molecule has 2 aromatic carbocycles. The van der Waals surface area contributed by atoms with E-state index in [9.17, 15) is 39.0 Å². The Morgan fingerprint density at radius 2 is 1.33 bits per heavy atom. The molecule has 5 heterocycles. The molecule has 31 nitrogen and oxygen atoms in total. The Labute approximate surface area is 537 Å². The van der Waals surface area contributed by atoms with Crippen molar-refractivity contribution in [2.24, 2.45) is 16.0 Å². The van der Waals surface area contributed by atoms with Crippen LogP contribution in [-0.2, 0) is 64.6 Å². The van der Waals surface area contributed by atoms with Crippen molar-refractivity contribution in [3.05, 3.63) is 83.7 Å². The van der Waals surface area contributed by atoms with Crippen molar-refractivity contribution in [2.45, 2.75) is 128 Å². The summed E-state index contributed by atoms with van der Waals surface area (Å²) >= 11 is 1.36. The molecule has 0 saturated carbocycles. The molecule has 1 saturated heterocycles. The zero-order valence-electron chi connectivity index (χ0n) is 51.1. The van der Waals surface area contributed by atoms with Gasteiger partial charge in [0, 0.05) is 74.3 Å². The van der Waals surface area contributed by atoms with E-state index in [1.54, 1.807) is 31.2 Å². The number of amides is 4. The average Bonchev–Trinajstić information content (AvgIpc) is 1.64. The Morgan fingerprint density at radius 3 is 1.98 bits per heavy atom. The number of fused-ring (bicyclic) bond motifs is 1. The second-order valence-corrected chi connectivity index (χ2v) is 22.6. The molecule has 32 heteroatoms. The summed E-state index contributed by atoms with van der Waals surface area (Å²) in [7, 11) is 0. The number of Topliss-reactive ketones (excluding diaryl/α,β-unsaturated/α-hetero) is 1. The molecule has 0 radical (unpaired) electrons. The molecular weight excluding hydrogens is 1220 g/mol. The van der Waals surface area contributed by atoms with Gasteiger partial charge in [0.25, 0.3) is 5.91 Å². The van der Waals surface area contributed by atoms with Gasteiger partial charge in [-0.05, 0) is 69.4 Å². The number of carbonyl (C=O) groups is 6. The van der Waals surface area contributed by atoms with Gasteiger partial charge in [0.15, 0.2) is 29.0 Å². The number of thioether (sulfide) groups is 1. The molecule has 0 bridgehead atoms. The minimum absolute atomic E-state index is 0. The first-order valence-corrected chi connectivity index (χ1v) is 31.4. The third-order valence-electron chi connectivity index (χ3n) is 14.4. The fraction of sp³-hybridized carbons (Fsp3) is 0.583. The van der Waals surface area contributed by atoms with E-state index in [4.69, 9.17) is 39.3 Å². The van der Waals surface area contributed by atoms with Crippen LogP contribution in [0, 0.1) is 6.92 Å². The number of nitrogens with zero attached hydrogens (tertiary/aromatic N) is 10. The maximum Gasteiger partial charge on any atom is 0.320 e. The molecule has 2 aliphatic rings. The number of carboxylic acids is 1. The summed E-state index contributed by atoms with van der Waals surface area (Å²) in [5.41, 5.74) is 8.57. The highest BCUT2D eigenvalue weighted by atomic mass is 32.2. The number of nitrogens with one attached hydrogen (secondary N) is 5. The summed E-state index contributed by atoms with van der Waals surface area (Å²) < 4.78 is 35.2. The summed E-state index contributed by atoms with van der Waals surface area (Å²) in [5.74, 6) is -0.467. The number of imidazole rings is 1. The number of aliphatic hydroxyl groups excluding tert-OH is 2. The Bertz CT molecular complexity index is 3130. The van der Waals surface area contributed by atoms with Crippen LogP contribution in [0.5, 0.6) is 0 Å². The van der Waals surface area contributed by atoms with Crippen molar-refractivity contribution in [2.75, 3.05) is 103 Å². The minimum atomic E-state index is -1.28. The van der Waals surface area contributed by atoms with Crippen LogP contribution in [0.15, 0.2) is 71.4 Å². The van der Waals surface area contributed by atoms with Crippen LogP contribution >= 0.6 is 11.8 Å². The third kappa shape index (κ3) is 24.4. The fourth-order valence-corrected chi connectivity index (χ4v) is 10.1. The number of hydrogen-bond donors (Lipinski definition) is 9. The second kappa shape index (κ2) is 39.0. The molecule has 6 atom stereocenters. The van der Waals surface area contributed by atoms with Gasteiger partial charge in [0.05, 0.1) is 78.5 Å². The summed E-state index contributed by atoms with van der Waals surface area (Å²) in [6.45, 7) is 8.19. The van der Waals surface area contributed by atoms with Gasteiger partial charge in [-0.2, -0.15) is 22.0 Å². The van der Waals surface area contributed by atoms with E-state index in [1.165, 1.54) is 29.0 Å². The van der Waals surface area contributed by atoms with Crippen LogP contribution in [0.25, 0.3) is 22.6 Å². The number of hydrogen-bond acceptors (Lipinski definition) is 26. The topological polar surface area (TPSA) is 425 Å². The first-order chi connectivity index (χ1) is 44.1. The number of carbonyl (C=O) groups excluding carboxylic acids is 5. The first-order valence-electron chi connectivity index (χ1n) is 30.3. The number of aliphatic hydroxyl groups is 2. The van der Waals surface area contributed by atoms with Crippen molar-refractivity contribution < 1.29 is 72.5 Å². The number of nitrogens with two attached hydrogens (primary N) is 1. The highest BCUT2D eigenvalue weighted by molar-refractivity contribution is 7.99. The van der Waals surface area contributed by atoms with E-state index in [0.29, 0.717) is 137 Å². The van der Waals surface area contributed by atoms with E-state index in [2.05, 4.69) is 72.2 Å². The van der Waals surface area contributed by atoms with E-state index in [1.807, 2.05) is 31.2 Å². The molecule has 0 spiro atoms. The predicted octanol–water partition coefficient (Wildman–Crippen LogP) is 2.34. The minimum Gasteiger partial charge on any atom is -0.480 e.